The average molecular weight is 709 g/mol. The molecule has 0 fully saturated rings. The second kappa shape index (κ2) is 11.1. The molecule has 0 aliphatic heterocycles. The van der Waals surface area contributed by atoms with Gasteiger partial charge in [0.25, 0.3) is 0 Å². The monoisotopic (exact) mass is 708 g/mol. The van der Waals surface area contributed by atoms with Gasteiger partial charge in [0.15, 0.2) is 0 Å². The molecule has 0 amide bonds. The summed E-state index contributed by atoms with van der Waals surface area (Å²) in [5.74, 6) is 0. The van der Waals surface area contributed by atoms with Crippen LogP contribution in [0.5, 0.6) is 0 Å². The molecule has 3 heteroatoms. The van der Waals surface area contributed by atoms with Gasteiger partial charge in [-0.1, -0.05) is 133 Å². The first-order valence-electron chi connectivity index (χ1n) is 18.0. The van der Waals surface area contributed by atoms with E-state index in [4.69, 9.17) is 4.42 Å². The predicted molar refractivity (Wildman–Crippen MR) is 231 cm³/mol. The Morgan fingerprint density at radius 2 is 0.736 bits per heavy atom. The van der Waals surface area contributed by atoms with Gasteiger partial charge >= 0.3 is 0 Å². The van der Waals surface area contributed by atoms with Gasteiger partial charge in [-0.15, -0.1) is 22.7 Å². The molecule has 0 radical (unpaired) electrons. The maximum atomic E-state index is 6.76. The summed E-state index contributed by atoms with van der Waals surface area (Å²) in [5.41, 5.74) is 9.17. The third-order valence-electron chi connectivity index (χ3n) is 11.1. The molecule has 1 nitrogen and oxygen atoms in total. The summed E-state index contributed by atoms with van der Waals surface area (Å²) in [6, 6.07) is 62.5. The summed E-state index contributed by atoms with van der Waals surface area (Å²) < 4.78 is 12.0. The lowest BCUT2D eigenvalue weighted by Gasteiger charge is -2.18. The van der Waals surface area contributed by atoms with Crippen LogP contribution < -0.4 is 0 Å². The molecule has 3 aromatic heterocycles. The Morgan fingerprint density at radius 1 is 0.302 bits per heavy atom. The lowest BCUT2D eigenvalue weighted by molar-refractivity contribution is 0.670. The zero-order valence-corrected chi connectivity index (χ0v) is 30.0. The lowest BCUT2D eigenvalue weighted by atomic mass is 9.85. The molecule has 53 heavy (non-hydrogen) atoms. The van der Waals surface area contributed by atoms with Gasteiger partial charge in [-0.2, -0.15) is 0 Å². The fraction of sp³-hybridized carbons (Fsp3) is 0. The molecule has 0 aliphatic rings. The largest absolute Gasteiger partial charge is 0.455 e. The lowest BCUT2D eigenvalue weighted by Crippen LogP contribution is -1.91. The van der Waals surface area contributed by atoms with Crippen molar-refractivity contribution in [1.82, 2.24) is 0 Å². The van der Waals surface area contributed by atoms with Crippen molar-refractivity contribution in [3.8, 4) is 33.4 Å². The summed E-state index contributed by atoms with van der Waals surface area (Å²) in [7, 11) is 0. The summed E-state index contributed by atoms with van der Waals surface area (Å²) >= 11 is 3.75. The first kappa shape index (κ1) is 29.3. The number of para-hydroxylation sites is 2. The summed E-state index contributed by atoms with van der Waals surface area (Å²) in [6.07, 6.45) is 0. The standard InChI is InChI=1S/C50H28OS2/c1-4-23-42-31(12-1)36-21-9-22-39(50(36)51-42)47-34-17-7-15-29(32-19-10-26-45-48(32)37-13-2-5-24-43(37)52-45)40(34)28-41-30(16-8-18-35(41)47)33-20-11-27-46-49(33)38-14-3-6-25-44(38)53-46/h1-28H. The van der Waals surface area contributed by atoms with Crippen LogP contribution >= 0.6 is 22.7 Å². The Morgan fingerprint density at radius 3 is 1.34 bits per heavy atom. The van der Waals surface area contributed by atoms with E-state index in [1.807, 2.05) is 22.7 Å². The SMILES string of the molecule is c1ccc2c(c1)oc1c(-c3c4cccc(-c5cccc6sc7ccccc7c56)c4cc4c(-c5cccc6sc7ccccc7c56)cccc34)cccc12. The van der Waals surface area contributed by atoms with Gasteiger partial charge in [-0.25, -0.2) is 0 Å². The maximum absolute atomic E-state index is 6.76. The molecular weight excluding hydrogens is 681 g/mol. The van der Waals surface area contributed by atoms with Crippen molar-refractivity contribution in [2.45, 2.75) is 0 Å². The van der Waals surface area contributed by atoms with E-state index in [0.29, 0.717) is 0 Å². The van der Waals surface area contributed by atoms with E-state index < -0.39 is 0 Å². The van der Waals surface area contributed by atoms with E-state index in [1.54, 1.807) is 0 Å². The summed E-state index contributed by atoms with van der Waals surface area (Å²) in [4.78, 5) is 0. The topological polar surface area (TPSA) is 13.1 Å². The van der Waals surface area contributed by atoms with Crippen LogP contribution in [-0.4, -0.2) is 0 Å². The maximum Gasteiger partial charge on any atom is 0.143 e. The number of hydrogen-bond donors (Lipinski definition) is 0. The Labute approximate surface area is 312 Å². The van der Waals surface area contributed by atoms with Crippen molar-refractivity contribution in [2.24, 2.45) is 0 Å². The minimum atomic E-state index is 0.910. The van der Waals surface area contributed by atoms with Gasteiger partial charge in [0.2, 0.25) is 0 Å². The number of furan rings is 1. The fourth-order valence-electron chi connectivity index (χ4n) is 8.87. The van der Waals surface area contributed by atoms with Crippen molar-refractivity contribution < 1.29 is 4.42 Å². The van der Waals surface area contributed by atoms with Crippen LogP contribution in [0.15, 0.2) is 174 Å². The number of thiophene rings is 2. The highest BCUT2D eigenvalue weighted by Gasteiger charge is 2.22. The molecule has 246 valence electrons. The molecule has 12 rings (SSSR count). The molecule has 0 atom stereocenters. The summed E-state index contributed by atoms with van der Waals surface area (Å²) in [5, 5.41) is 12.5. The highest BCUT2D eigenvalue weighted by Crippen LogP contribution is 2.49. The third-order valence-corrected chi connectivity index (χ3v) is 13.4. The molecule has 0 saturated heterocycles. The van der Waals surface area contributed by atoms with Gasteiger partial charge in [0.05, 0.1) is 0 Å². The predicted octanol–water partition coefficient (Wildman–Crippen LogP) is 15.6. The minimum Gasteiger partial charge on any atom is -0.455 e. The quantitative estimate of drug-likeness (QED) is 0.167. The van der Waals surface area contributed by atoms with Gasteiger partial charge in [0, 0.05) is 62.2 Å². The Kier molecular flexibility index (Phi) is 6.15. The normalized spacial score (nSPS) is 12.2. The second-order valence-corrected chi connectivity index (χ2v) is 16.1. The van der Waals surface area contributed by atoms with E-state index >= 15 is 0 Å². The smallest absolute Gasteiger partial charge is 0.143 e. The number of rotatable bonds is 3. The van der Waals surface area contributed by atoms with E-state index in [9.17, 15) is 0 Å². The number of fused-ring (bicyclic) bond motifs is 11. The van der Waals surface area contributed by atoms with E-state index in [2.05, 4.69) is 170 Å². The van der Waals surface area contributed by atoms with Crippen molar-refractivity contribution in [1.29, 1.82) is 0 Å². The van der Waals surface area contributed by atoms with Crippen LogP contribution in [0.25, 0.3) is 117 Å². The second-order valence-electron chi connectivity index (χ2n) is 13.9. The van der Waals surface area contributed by atoms with Crippen LogP contribution in [-0.2, 0) is 0 Å². The van der Waals surface area contributed by atoms with E-state index in [-0.39, 0.29) is 0 Å². The molecule has 0 aliphatic carbocycles. The Balaban J connectivity index is 1.26. The van der Waals surface area contributed by atoms with Crippen LogP contribution in [0.2, 0.25) is 0 Å². The number of benzene rings is 9. The third kappa shape index (κ3) is 4.18. The Hall–Kier alpha value is -6.26. The molecule has 12 aromatic rings. The first-order valence-corrected chi connectivity index (χ1v) is 19.6. The van der Waals surface area contributed by atoms with Gasteiger partial charge in [0.1, 0.15) is 11.2 Å². The van der Waals surface area contributed by atoms with E-state index in [1.165, 1.54) is 89.7 Å². The van der Waals surface area contributed by atoms with Crippen molar-refractivity contribution in [3.63, 3.8) is 0 Å². The first-order chi connectivity index (χ1) is 26.3. The Bertz CT molecular complexity index is 3290. The van der Waals surface area contributed by atoms with Gasteiger partial charge in [-0.3, -0.25) is 0 Å². The molecule has 0 N–H and O–H groups in total. The van der Waals surface area contributed by atoms with Crippen molar-refractivity contribution in [3.05, 3.63) is 170 Å². The van der Waals surface area contributed by atoms with Crippen LogP contribution in [0.1, 0.15) is 0 Å². The zero-order valence-electron chi connectivity index (χ0n) is 28.4. The highest BCUT2D eigenvalue weighted by molar-refractivity contribution is 7.26. The van der Waals surface area contributed by atoms with Gasteiger partial charge in [-0.05, 0) is 80.2 Å². The molecule has 3 heterocycles. The molecule has 0 bridgehead atoms. The molecule has 0 unspecified atom stereocenters. The van der Waals surface area contributed by atoms with Gasteiger partial charge < -0.3 is 4.42 Å². The zero-order chi connectivity index (χ0) is 34.6. The average Bonchev–Trinajstić information content (AvgIpc) is 3.91. The minimum absolute atomic E-state index is 0.910. The fourth-order valence-corrected chi connectivity index (χ4v) is 11.1. The summed E-state index contributed by atoms with van der Waals surface area (Å²) in [6.45, 7) is 0. The molecular formula is C50H28OS2. The highest BCUT2D eigenvalue weighted by atomic mass is 32.1. The van der Waals surface area contributed by atoms with Crippen LogP contribution in [0, 0.1) is 0 Å². The van der Waals surface area contributed by atoms with Crippen LogP contribution in [0.3, 0.4) is 0 Å². The molecule has 0 spiro atoms. The van der Waals surface area contributed by atoms with Crippen molar-refractivity contribution in [2.75, 3.05) is 0 Å². The van der Waals surface area contributed by atoms with Crippen LogP contribution in [0.4, 0.5) is 0 Å². The van der Waals surface area contributed by atoms with E-state index in [0.717, 1.165) is 27.5 Å². The van der Waals surface area contributed by atoms with Crippen molar-refractivity contribution >= 4 is 107 Å². The number of hydrogen-bond acceptors (Lipinski definition) is 3. The molecule has 9 aromatic carbocycles. The molecule has 0 saturated carbocycles.